The van der Waals surface area contributed by atoms with E-state index >= 15 is 0 Å². The third kappa shape index (κ3) is 6.92. The largest absolute Gasteiger partial charge is 0.465 e. The van der Waals surface area contributed by atoms with Gasteiger partial charge in [0.2, 0.25) is 0 Å². The third-order valence-electron chi connectivity index (χ3n) is 4.38. The zero-order chi connectivity index (χ0) is 23.7. The van der Waals surface area contributed by atoms with E-state index in [1.165, 1.54) is 0 Å². The molecule has 3 amide bonds. The molecule has 9 nitrogen and oxygen atoms in total. The fourth-order valence-corrected chi connectivity index (χ4v) is 3.87. The number of hydrogen-bond donors (Lipinski definition) is 3. The number of amides is 3. The van der Waals surface area contributed by atoms with Gasteiger partial charge in [-0.25, -0.2) is 4.79 Å². The van der Waals surface area contributed by atoms with Gasteiger partial charge < -0.3 is 25.2 Å². The number of benzene rings is 1. The molecule has 0 bridgehead atoms. The molecule has 2 heterocycles. The fraction of sp³-hybridized carbons (Fsp3) is 0.381. The Morgan fingerprint density at radius 2 is 1.94 bits per heavy atom. The van der Waals surface area contributed by atoms with E-state index in [0.29, 0.717) is 33.7 Å². The van der Waals surface area contributed by atoms with Gasteiger partial charge >= 0.3 is 6.09 Å². The van der Waals surface area contributed by atoms with Crippen LogP contribution in [0, 0.1) is 0 Å². The Kier molecular flexibility index (Phi) is 9.92. The highest BCUT2D eigenvalue weighted by Gasteiger charge is 2.22. The number of carbonyl (C=O) groups is 3. The molecule has 174 valence electrons. The van der Waals surface area contributed by atoms with Crippen LogP contribution in [0.2, 0.25) is 4.34 Å². The van der Waals surface area contributed by atoms with Crippen molar-refractivity contribution in [3.63, 3.8) is 0 Å². The van der Waals surface area contributed by atoms with E-state index in [-0.39, 0.29) is 25.6 Å². The summed E-state index contributed by atoms with van der Waals surface area (Å²) in [4.78, 5) is 38.6. The molecule has 1 aliphatic rings. The lowest BCUT2D eigenvalue weighted by molar-refractivity contribution is -0.125. The Balaban J connectivity index is 0.00000176. The molecule has 2 aromatic rings. The molecule has 1 aromatic heterocycles. The van der Waals surface area contributed by atoms with Crippen LogP contribution < -0.4 is 15.1 Å². The molecule has 3 rings (SSSR count). The highest BCUT2D eigenvalue weighted by molar-refractivity contribution is 7.18. The Bertz CT molecular complexity index is 921. The monoisotopic (exact) mass is 483 g/mol. The predicted molar refractivity (Wildman–Crippen MR) is 124 cm³/mol. The Morgan fingerprint density at radius 1 is 1.25 bits per heavy atom. The van der Waals surface area contributed by atoms with Crippen LogP contribution in [-0.4, -0.2) is 67.1 Å². The summed E-state index contributed by atoms with van der Waals surface area (Å²) in [7, 11) is 0. The van der Waals surface area contributed by atoms with Gasteiger partial charge in [0.25, 0.3) is 11.8 Å². The topological polar surface area (TPSA) is 119 Å². The number of aliphatic hydroxyl groups excluding tert-OH is 1. The van der Waals surface area contributed by atoms with E-state index in [1.807, 2.05) is 13.8 Å². The summed E-state index contributed by atoms with van der Waals surface area (Å²) in [5, 5.41) is 22.3. The number of morpholine rings is 1. The van der Waals surface area contributed by atoms with Crippen molar-refractivity contribution in [2.45, 2.75) is 20.0 Å². The molecule has 0 spiro atoms. The minimum Gasteiger partial charge on any atom is -0.465 e. The van der Waals surface area contributed by atoms with Gasteiger partial charge in [-0.3, -0.25) is 14.5 Å². The van der Waals surface area contributed by atoms with Gasteiger partial charge in [-0.2, -0.15) is 0 Å². The van der Waals surface area contributed by atoms with E-state index in [4.69, 9.17) is 16.3 Å². The molecule has 1 unspecified atom stereocenters. The van der Waals surface area contributed by atoms with Gasteiger partial charge in [0.15, 0.2) is 0 Å². The molecular formula is C21H26ClN3O6S. The molecule has 0 saturated carbocycles. The average Bonchev–Trinajstić information content (AvgIpc) is 3.24. The van der Waals surface area contributed by atoms with Crippen LogP contribution in [0.1, 0.15) is 23.5 Å². The summed E-state index contributed by atoms with van der Waals surface area (Å²) in [5.41, 5.74) is 0.974. The second kappa shape index (κ2) is 12.4. The van der Waals surface area contributed by atoms with Crippen LogP contribution in [-0.2, 0) is 9.53 Å². The maximum Gasteiger partial charge on any atom is 0.411 e. The number of carboxylic acid groups (broad SMARTS) is 1. The van der Waals surface area contributed by atoms with Crippen LogP contribution in [0.4, 0.5) is 16.2 Å². The molecule has 3 N–H and O–H groups in total. The molecule has 0 radical (unpaired) electrons. The first-order valence-electron chi connectivity index (χ1n) is 10.1. The van der Waals surface area contributed by atoms with E-state index in [9.17, 15) is 24.6 Å². The molecule has 1 saturated heterocycles. The first-order chi connectivity index (χ1) is 15.3. The van der Waals surface area contributed by atoms with Crippen molar-refractivity contribution in [1.82, 2.24) is 5.32 Å². The number of aliphatic hydroxyl groups is 1. The molecule has 1 aromatic carbocycles. The highest BCUT2D eigenvalue weighted by atomic mass is 35.5. The minimum atomic E-state index is -1.25. The molecule has 0 aliphatic carbocycles. The molecule has 1 fully saturated rings. The maximum atomic E-state index is 12.0. The van der Waals surface area contributed by atoms with Gasteiger partial charge in [0.1, 0.15) is 6.61 Å². The van der Waals surface area contributed by atoms with Crippen molar-refractivity contribution in [3.05, 3.63) is 45.6 Å². The van der Waals surface area contributed by atoms with Crippen LogP contribution >= 0.6 is 22.9 Å². The zero-order valence-electron chi connectivity index (χ0n) is 17.8. The molecule has 1 atom stereocenters. The Labute approximate surface area is 195 Å². The SMILES string of the molecule is CC.O=C(NCC(O)CN(C(=O)O)c1ccc(N2CCOCC2=O)cc1)c1ccc(Cl)s1. The zero-order valence-corrected chi connectivity index (χ0v) is 19.4. The maximum absolute atomic E-state index is 12.0. The highest BCUT2D eigenvalue weighted by Crippen LogP contribution is 2.23. The summed E-state index contributed by atoms with van der Waals surface area (Å²) in [6.45, 7) is 4.51. The predicted octanol–water partition coefficient (Wildman–Crippen LogP) is 3.07. The number of nitrogens with zero attached hydrogens (tertiary/aromatic N) is 2. The van der Waals surface area contributed by atoms with Gasteiger partial charge in [0.05, 0.1) is 28.5 Å². The van der Waals surface area contributed by atoms with E-state index < -0.39 is 18.1 Å². The number of ether oxygens (including phenoxy) is 1. The Hall–Kier alpha value is -2.66. The van der Waals surface area contributed by atoms with Crippen molar-refractivity contribution in [1.29, 1.82) is 0 Å². The van der Waals surface area contributed by atoms with Crippen molar-refractivity contribution in [2.75, 3.05) is 42.6 Å². The van der Waals surface area contributed by atoms with Crippen LogP contribution in [0.3, 0.4) is 0 Å². The molecule has 32 heavy (non-hydrogen) atoms. The van der Waals surface area contributed by atoms with Crippen LogP contribution in [0.25, 0.3) is 0 Å². The summed E-state index contributed by atoms with van der Waals surface area (Å²) >= 11 is 6.90. The van der Waals surface area contributed by atoms with Crippen molar-refractivity contribution in [2.24, 2.45) is 0 Å². The first kappa shape index (κ1) is 25.6. The van der Waals surface area contributed by atoms with E-state index in [1.54, 1.807) is 41.3 Å². The van der Waals surface area contributed by atoms with E-state index in [0.717, 1.165) is 16.2 Å². The van der Waals surface area contributed by atoms with Gasteiger partial charge in [0, 0.05) is 24.5 Å². The second-order valence-corrected chi connectivity index (χ2v) is 8.19. The number of thiophene rings is 1. The number of anilines is 2. The normalized spacial score (nSPS) is 14.2. The van der Waals surface area contributed by atoms with Crippen molar-refractivity contribution < 1.29 is 29.3 Å². The number of nitrogens with one attached hydrogen (secondary N) is 1. The number of rotatable bonds is 7. The fourth-order valence-electron chi connectivity index (χ4n) is 2.91. The average molecular weight is 484 g/mol. The molecular weight excluding hydrogens is 458 g/mol. The quantitative estimate of drug-likeness (QED) is 0.556. The van der Waals surface area contributed by atoms with Gasteiger partial charge in [-0.15, -0.1) is 11.3 Å². The first-order valence-corrected chi connectivity index (χ1v) is 11.2. The summed E-state index contributed by atoms with van der Waals surface area (Å²) in [5.74, 6) is -0.561. The lowest BCUT2D eigenvalue weighted by Crippen LogP contribution is -2.42. The van der Waals surface area contributed by atoms with Crippen LogP contribution in [0.15, 0.2) is 36.4 Å². The standard InChI is InChI=1S/C19H20ClN3O6S.C2H6/c20-16-6-5-15(30-16)18(26)21-9-14(24)10-23(19(27)28)13-3-1-12(2-4-13)22-7-8-29-11-17(22)25;1-2/h1-6,14,24H,7-11H2,(H,21,26)(H,27,28);1-2H3. The van der Waals surface area contributed by atoms with Gasteiger partial charge in [-0.05, 0) is 36.4 Å². The number of carbonyl (C=O) groups excluding carboxylic acids is 2. The lowest BCUT2D eigenvalue weighted by atomic mass is 10.2. The van der Waals surface area contributed by atoms with Crippen molar-refractivity contribution in [3.8, 4) is 0 Å². The van der Waals surface area contributed by atoms with E-state index in [2.05, 4.69) is 5.32 Å². The van der Waals surface area contributed by atoms with Crippen molar-refractivity contribution >= 4 is 52.2 Å². The number of hydrogen-bond acceptors (Lipinski definition) is 6. The summed E-state index contributed by atoms with van der Waals surface area (Å²) < 4.78 is 5.57. The third-order valence-corrected chi connectivity index (χ3v) is 5.61. The smallest absolute Gasteiger partial charge is 0.411 e. The summed E-state index contributed by atoms with van der Waals surface area (Å²) in [6, 6.07) is 9.57. The van der Waals surface area contributed by atoms with Gasteiger partial charge in [-0.1, -0.05) is 25.4 Å². The molecule has 11 heteroatoms. The second-order valence-electron chi connectivity index (χ2n) is 6.48. The molecule has 1 aliphatic heterocycles. The Morgan fingerprint density at radius 3 is 2.50 bits per heavy atom. The minimum absolute atomic E-state index is 0.0125. The summed E-state index contributed by atoms with van der Waals surface area (Å²) in [6.07, 6.45) is -2.37. The van der Waals surface area contributed by atoms with Crippen LogP contribution in [0.5, 0.6) is 0 Å². The number of halogens is 1. The lowest BCUT2D eigenvalue weighted by Gasteiger charge is -2.28.